The molecular formula is C11H14FNS. The second-order valence-electron chi connectivity index (χ2n) is 3.70. The highest BCUT2D eigenvalue weighted by atomic mass is 32.2. The Hall–Kier alpha value is -0.700. The fraction of sp³-hybridized carbons (Fsp3) is 0.455. The van der Waals surface area contributed by atoms with E-state index in [0.717, 1.165) is 17.1 Å². The van der Waals surface area contributed by atoms with Gasteiger partial charge in [0.2, 0.25) is 0 Å². The maximum Gasteiger partial charge on any atom is 0.137 e. The van der Waals surface area contributed by atoms with Gasteiger partial charge >= 0.3 is 0 Å². The van der Waals surface area contributed by atoms with E-state index in [-0.39, 0.29) is 0 Å². The molecule has 76 valence electrons. The average Bonchev–Trinajstić information content (AvgIpc) is 2.19. The summed E-state index contributed by atoms with van der Waals surface area (Å²) < 4.78 is 14.4. The third-order valence-corrected chi connectivity index (χ3v) is 3.67. The number of hydrogen-bond donors (Lipinski definition) is 1. The number of anilines is 1. The highest BCUT2D eigenvalue weighted by Crippen LogP contribution is 2.39. The van der Waals surface area contributed by atoms with Crippen LogP contribution in [0.15, 0.2) is 24.3 Å². The van der Waals surface area contributed by atoms with E-state index in [1.54, 1.807) is 12.1 Å². The van der Waals surface area contributed by atoms with Gasteiger partial charge in [0.15, 0.2) is 0 Å². The SMILES string of the molecule is Nc1cccc(C2(F)CCSCC2)c1. The number of halogens is 1. The summed E-state index contributed by atoms with van der Waals surface area (Å²) in [6, 6.07) is 7.22. The van der Waals surface area contributed by atoms with Gasteiger partial charge in [0, 0.05) is 5.69 Å². The van der Waals surface area contributed by atoms with Gasteiger partial charge in [0.1, 0.15) is 5.67 Å². The van der Waals surface area contributed by atoms with Crippen LogP contribution in [0.25, 0.3) is 0 Å². The summed E-state index contributed by atoms with van der Waals surface area (Å²) in [4.78, 5) is 0. The van der Waals surface area contributed by atoms with Crippen LogP contribution in [-0.4, -0.2) is 11.5 Å². The lowest BCUT2D eigenvalue weighted by molar-refractivity contribution is 0.151. The van der Waals surface area contributed by atoms with Crippen molar-refractivity contribution in [1.82, 2.24) is 0 Å². The molecule has 0 saturated carbocycles. The minimum atomic E-state index is -1.14. The van der Waals surface area contributed by atoms with Crippen molar-refractivity contribution in [2.45, 2.75) is 18.5 Å². The van der Waals surface area contributed by atoms with Gasteiger partial charge in [-0.05, 0) is 42.0 Å². The van der Waals surface area contributed by atoms with Gasteiger partial charge in [-0.3, -0.25) is 0 Å². The van der Waals surface area contributed by atoms with Crippen molar-refractivity contribution in [2.24, 2.45) is 0 Å². The lowest BCUT2D eigenvalue weighted by Gasteiger charge is -2.29. The third-order valence-electron chi connectivity index (χ3n) is 2.69. The van der Waals surface area contributed by atoms with Gasteiger partial charge in [-0.25, -0.2) is 4.39 Å². The Bertz CT molecular complexity index is 321. The summed E-state index contributed by atoms with van der Waals surface area (Å²) in [6.07, 6.45) is 1.22. The average molecular weight is 211 g/mol. The number of nitrogen functional groups attached to an aromatic ring is 1. The number of hydrogen-bond acceptors (Lipinski definition) is 2. The van der Waals surface area contributed by atoms with E-state index in [4.69, 9.17) is 5.73 Å². The molecule has 1 nitrogen and oxygen atoms in total. The van der Waals surface area contributed by atoms with Crippen LogP contribution in [0.5, 0.6) is 0 Å². The van der Waals surface area contributed by atoms with E-state index < -0.39 is 5.67 Å². The molecule has 0 aliphatic carbocycles. The summed E-state index contributed by atoms with van der Waals surface area (Å²) in [5.41, 5.74) is 5.91. The summed E-state index contributed by atoms with van der Waals surface area (Å²) in [5.74, 6) is 1.82. The molecular weight excluding hydrogens is 197 g/mol. The largest absolute Gasteiger partial charge is 0.399 e. The lowest BCUT2D eigenvalue weighted by Crippen LogP contribution is -2.25. The zero-order valence-corrected chi connectivity index (χ0v) is 8.82. The fourth-order valence-corrected chi connectivity index (χ4v) is 2.94. The van der Waals surface area contributed by atoms with Crippen LogP contribution in [0.4, 0.5) is 10.1 Å². The lowest BCUT2D eigenvalue weighted by atomic mass is 9.90. The maximum absolute atomic E-state index is 14.4. The molecule has 0 unspecified atom stereocenters. The van der Waals surface area contributed by atoms with Crippen molar-refractivity contribution in [2.75, 3.05) is 17.2 Å². The van der Waals surface area contributed by atoms with Gasteiger partial charge in [-0.2, -0.15) is 11.8 Å². The van der Waals surface area contributed by atoms with Crippen LogP contribution in [0, 0.1) is 0 Å². The van der Waals surface area contributed by atoms with Crippen molar-refractivity contribution in [3.63, 3.8) is 0 Å². The van der Waals surface area contributed by atoms with Gasteiger partial charge in [0.05, 0.1) is 0 Å². The molecule has 1 aliphatic rings. The number of nitrogens with two attached hydrogens (primary N) is 1. The van der Waals surface area contributed by atoms with Crippen molar-refractivity contribution in [3.05, 3.63) is 29.8 Å². The van der Waals surface area contributed by atoms with Crippen molar-refractivity contribution < 1.29 is 4.39 Å². The van der Waals surface area contributed by atoms with E-state index in [2.05, 4.69) is 0 Å². The maximum atomic E-state index is 14.4. The van der Waals surface area contributed by atoms with Crippen LogP contribution < -0.4 is 5.73 Å². The first-order valence-electron chi connectivity index (χ1n) is 4.83. The molecule has 0 aromatic heterocycles. The molecule has 1 fully saturated rings. The van der Waals surface area contributed by atoms with Crippen LogP contribution in [0.2, 0.25) is 0 Å². The summed E-state index contributed by atoms with van der Waals surface area (Å²) >= 11 is 1.82. The highest BCUT2D eigenvalue weighted by Gasteiger charge is 2.33. The number of thioether (sulfide) groups is 1. The Labute approximate surface area is 87.9 Å². The van der Waals surface area contributed by atoms with Crippen LogP contribution in [0.3, 0.4) is 0 Å². The van der Waals surface area contributed by atoms with Crippen LogP contribution in [-0.2, 0) is 5.67 Å². The van der Waals surface area contributed by atoms with Crippen molar-refractivity contribution >= 4 is 17.4 Å². The molecule has 0 radical (unpaired) electrons. The fourth-order valence-electron chi connectivity index (χ4n) is 1.80. The Kier molecular flexibility index (Phi) is 2.68. The van der Waals surface area contributed by atoms with E-state index in [0.29, 0.717) is 18.5 Å². The molecule has 1 heterocycles. The van der Waals surface area contributed by atoms with Crippen LogP contribution in [0.1, 0.15) is 18.4 Å². The molecule has 1 aliphatic heterocycles. The molecule has 0 spiro atoms. The van der Waals surface area contributed by atoms with E-state index >= 15 is 0 Å². The van der Waals surface area contributed by atoms with E-state index in [1.165, 1.54) is 0 Å². The third kappa shape index (κ3) is 1.87. The molecule has 3 heteroatoms. The number of rotatable bonds is 1. The standard InChI is InChI=1S/C11H14FNS/c12-11(4-6-14-7-5-11)9-2-1-3-10(13)8-9/h1-3,8H,4-7,13H2. The second kappa shape index (κ2) is 3.81. The topological polar surface area (TPSA) is 26.0 Å². The monoisotopic (exact) mass is 211 g/mol. The van der Waals surface area contributed by atoms with Gasteiger partial charge in [-0.1, -0.05) is 12.1 Å². The normalized spacial score (nSPS) is 20.6. The van der Waals surface area contributed by atoms with E-state index in [1.807, 2.05) is 23.9 Å². The number of benzene rings is 1. The molecule has 1 saturated heterocycles. The Morgan fingerprint density at radius 1 is 1.29 bits per heavy atom. The Morgan fingerprint density at radius 2 is 2.00 bits per heavy atom. The molecule has 0 amide bonds. The number of alkyl halides is 1. The molecule has 14 heavy (non-hydrogen) atoms. The summed E-state index contributed by atoms with van der Waals surface area (Å²) in [6.45, 7) is 0. The first-order valence-corrected chi connectivity index (χ1v) is 5.99. The highest BCUT2D eigenvalue weighted by molar-refractivity contribution is 7.99. The Balaban J connectivity index is 2.28. The second-order valence-corrected chi connectivity index (χ2v) is 4.93. The van der Waals surface area contributed by atoms with Gasteiger partial charge in [-0.15, -0.1) is 0 Å². The predicted molar refractivity (Wildman–Crippen MR) is 60.2 cm³/mol. The predicted octanol–water partition coefficient (Wildman–Crippen LogP) is 2.96. The van der Waals surface area contributed by atoms with Crippen molar-refractivity contribution in [3.8, 4) is 0 Å². The quantitative estimate of drug-likeness (QED) is 0.723. The van der Waals surface area contributed by atoms with E-state index in [9.17, 15) is 4.39 Å². The first-order chi connectivity index (χ1) is 6.71. The van der Waals surface area contributed by atoms with Crippen LogP contribution >= 0.6 is 11.8 Å². The van der Waals surface area contributed by atoms with Gasteiger partial charge < -0.3 is 5.73 Å². The van der Waals surface area contributed by atoms with Gasteiger partial charge in [0.25, 0.3) is 0 Å². The van der Waals surface area contributed by atoms with Crippen molar-refractivity contribution in [1.29, 1.82) is 0 Å². The smallest absolute Gasteiger partial charge is 0.137 e. The molecule has 2 rings (SSSR count). The summed E-state index contributed by atoms with van der Waals surface area (Å²) in [7, 11) is 0. The minimum absolute atomic E-state index is 0.612. The molecule has 2 N–H and O–H groups in total. The molecule has 1 aromatic carbocycles. The molecule has 1 aromatic rings. The zero-order valence-electron chi connectivity index (χ0n) is 8.00. The Morgan fingerprint density at radius 3 is 2.64 bits per heavy atom. The zero-order chi connectivity index (χ0) is 10.0. The first kappa shape index (κ1) is 9.84. The molecule has 0 atom stereocenters. The summed E-state index contributed by atoms with van der Waals surface area (Å²) in [5, 5.41) is 0. The minimum Gasteiger partial charge on any atom is -0.399 e. The molecule has 0 bridgehead atoms.